The Hall–Kier alpha value is -2.30. The Morgan fingerprint density at radius 3 is 2.16 bits per heavy atom. The van der Waals surface area contributed by atoms with Gasteiger partial charge in [-0.1, -0.05) is 32.8 Å². The number of nitriles is 1. The van der Waals surface area contributed by atoms with Crippen molar-refractivity contribution in [3.63, 3.8) is 0 Å². The van der Waals surface area contributed by atoms with Crippen LogP contribution in [0.2, 0.25) is 0 Å². The summed E-state index contributed by atoms with van der Waals surface area (Å²) >= 11 is 0. The second kappa shape index (κ2) is 13.5. The first-order chi connectivity index (χ1) is 18.0. The predicted octanol–water partition coefficient (Wildman–Crippen LogP) is 8.86. The van der Waals surface area contributed by atoms with Gasteiger partial charge in [0.15, 0.2) is 0 Å². The predicted molar refractivity (Wildman–Crippen MR) is 151 cm³/mol. The Morgan fingerprint density at radius 2 is 1.59 bits per heavy atom. The quantitative estimate of drug-likeness (QED) is 0.258. The molecule has 3 saturated carbocycles. The van der Waals surface area contributed by atoms with Crippen molar-refractivity contribution in [3.8, 4) is 6.07 Å². The second-order valence-corrected chi connectivity index (χ2v) is 12.2. The zero-order chi connectivity index (χ0) is 26.2. The van der Waals surface area contributed by atoms with Crippen molar-refractivity contribution in [2.75, 3.05) is 0 Å². The molecule has 0 atom stereocenters. The molecule has 0 aromatic carbocycles. The molecule has 0 N–H and O–H groups in total. The van der Waals surface area contributed by atoms with Crippen LogP contribution in [0.5, 0.6) is 0 Å². The van der Waals surface area contributed by atoms with Gasteiger partial charge in [0.25, 0.3) is 5.70 Å². The highest BCUT2D eigenvalue weighted by molar-refractivity contribution is 5.49. The Kier molecular flexibility index (Phi) is 10.1. The van der Waals surface area contributed by atoms with E-state index in [1.54, 1.807) is 6.08 Å². The van der Waals surface area contributed by atoms with Crippen molar-refractivity contribution in [2.24, 2.45) is 17.8 Å². The molecular weight excluding hydrogens is 454 g/mol. The minimum absolute atomic E-state index is 0.120. The van der Waals surface area contributed by atoms with Crippen LogP contribution in [0, 0.1) is 35.7 Å². The summed E-state index contributed by atoms with van der Waals surface area (Å²) in [5.74, 6) is 3.91. The van der Waals surface area contributed by atoms with E-state index in [1.165, 1.54) is 89.9 Å². The third-order valence-electron chi connectivity index (χ3n) is 9.46. The van der Waals surface area contributed by atoms with E-state index in [0.29, 0.717) is 11.5 Å². The maximum atomic E-state index is 9.25. The highest BCUT2D eigenvalue weighted by atomic mass is 16.5. The van der Waals surface area contributed by atoms with E-state index in [9.17, 15) is 5.26 Å². The van der Waals surface area contributed by atoms with Gasteiger partial charge in [0.2, 0.25) is 0 Å². The lowest BCUT2D eigenvalue weighted by Gasteiger charge is -2.49. The molecule has 37 heavy (non-hydrogen) atoms. The number of nitrogens with zero attached hydrogens (tertiary/aromatic N) is 3. The molecule has 200 valence electrons. The van der Waals surface area contributed by atoms with E-state index >= 15 is 0 Å². The van der Waals surface area contributed by atoms with Crippen LogP contribution in [-0.2, 0) is 4.74 Å². The van der Waals surface area contributed by atoms with Crippen LogP contribution in [0.15, 0.2) is 47.1 Å². The Labute approximate surface area is 226 Å². The smallest absolute Gasteiger partial charge is 0.269 e. The molecule has 1 aliphatic heterocycles. The fourth-order valence-corrected chi connectivity index (χ4v) is 7.43. The lowest BCUT2D eigenvalue weighted by molar-refractivity contribution is 0.00662. The van der Waals surface area contributed by atoms with Gasteiger partial charge in [-0.2, -0.15) is 0 Å². The molecule has 4 aliphatic rings. The summed E-state index contributed by atoms with van der Waals surface area (Å²) in [4.78, 5) is 6.43. The molecule has 1 heterocycles. The maximum absolute atomic E-state index is 9.25. The van der Waals surface area contributed by atoms with E-state index in [1.807, 2.05) is 19.1 Å². The first kappa shape index (κ1) is 27.7. The third-order valence-corrected chi connectivity index (χ3v) is 9.46. The van der Waals surface area contributed by atoms with Gasteiger partial charge in [-0.15, -0.1) is 0 Å². The lowest BCUT2D eigenvalue weighted by atomic mass is 9.77. The highest BCUT2D eigenvalue weighted by Gasteiger charge is 2.37. The van der Waals surface area contributed by atoms with Gasteiger partial charge in [-0.05, 0) is 126 Å². The Bertz CT molecular complexity index is 950. The van der Waals surface area contributed by atoms with Gasteiger partial charge >= 0.3 is 0 Å². The van der Waals surface area contributed by atoms with E-state index in [-0.39, 0.29) is 5.70 Å². The van der Waals surface area contributed by atoms with Crippen LogP contribution in [0.1, 0.15) is 111 Å². The fourth-order valence-electron chi connectivity index (χ4n) is 7.43. The Balaban J connectivity index is 1.38. The van der Waals surface area contributed by atoms with Crippen molar-refractivity contribution in [3.05, 3.63) is 58.5 Å². The minimum atomic E-state index is 0.120. The summed E-state index contributed by atoms with van der Waals surface area (Å²) < 4.78 is 5.88. The zero-order valence-electron chi connectivity index (χ0n) is 23.4. The SMILES string of the molecule is [C-]#[N+]/C(C#N)=C1/C=C(C)OC(/C=C/C2CCC(N(C3CCC(C)CC3)C3CCC(CCC)CC3)CC2)=C1. The molecule has 0 unspecified atom stereocenters. The topological polar surface area (TPSA) is 40.6 Å². The van der Waals surface area contributed by atoms with Gasteiger partial charge in [-0.25, -0.2) is 10.1 Å². The summed E-state index contributed by atoms with van der Waals surface area (Å²) in [6.45, 7) is 13.9. The molecule has 0 aromatic heterocycles. The molecule has 4 rings (SSSR count). The van der Waals surface area contributed by atoms with E-state index < -0.39 is 0 Å². The fraction of sp³-hybridized carbons (Fsp3) is 0.697. The van der Waals surface area contributed by atoms with Crippen LogP contribution in [0.25, 0.3) is 4.85 Å². The van der Waals surface area contributed by atoms with Crippen LogP contribution in [-0.4, -0.2) is 23.0 Å². The van der Waals surface area contributed by atoms with Crippen molar-refractivity contribution in [2.45, 2.75) is 129 Å². The Morgan fingerprint density at radius 1 is 1.00 bits per heavy atom. The average Bonchev–Trinajstić information content (AvgIpc) is 2.91. The van der Waals surface area contributed by atoms with Gasteiger partial charge < -0.3 is 4.74 Å². The molecule has 0 aromatic rings. The second-order valence-electron chi connectivity index (χ2n) is 12.2. The van der Waals surface area contributed by atoms with Crippen molar-refractivity contribution < 1.29 is 4.74 Å². The highest BCUT2D eigenvalue weighted by Crippen LogP contribution is 2.40. The molecule has 3 aliphatic carbocycles. The van der Waals surface area contributed by atoms with Gasteiger partial charge in [0.1, 0.15) is 11.5 Å². The normalized spacial score (nSPS) is 34.2. The van der Waals surface area contributed by atoms with Gasteiger partial charge in [0.05, 0.1) is 12.6 Å². The molecule has 0 spiro atoms. The van der Waals surface area contributed by atoms with Gasteiger partial charge in [0, 0.05) is 18.1 Å². The molecule has 4 nitrogen and oxygen atoms in total. The standard InChI is InChI=1S/C33H47N3O/c1-5-6-26-9-16-30(17-10-26)36(29-14-7-24(2)8-15-29)31-18-11-27(12-19-31)13-20-32-22-28(21-25(3)37-32)33(23-34)35-4/h13,20-22,24,26-27,29-31H,5-12,14-19H2,1-3H3/b20-13+,33-28-. The molecule has 0 radical (unpaired) electrons. The molecule has 0 bridgehead atoms. The summed E-state index contributed by atoms with van der Waals surface area (Å²) in [6, 6.07) is 4.36. The summed E-state index contributed by atoms with van der Waals surface area (Å²) in [7, 11) is 0. The number of allylic oxidation sites excluding steroid dienone is 7. The third kappa shape index (κ3) is 7.39. The minimum Gasteiger partial charge on any atom is -0.462 e. The number of hydrogen-bond acceptors (Lipinski definition) is 3. The van der Waals surface area contributed by atoms with E-state index in [2.05, 4.69) is 35.7 Å². The van der Waals surface area contributed by atoms with Crippen LogP contribution in [0.4, 0.5) is 0 Å². The molecular formula is C33H47N3O. The first-order valence-electron chi connectivity index (χ1n) is 15.1. The molecule has 0 saturated heterocycles. The van der Waals surface area contributed by atoms with Crippen LogP contribution >= 0.6 is 0 Å². The van der Waals surface area contributed by atoms with E-state index in [0.717, 1.165) is 41.5 Å². The number of rotatable bonds is 7. The first-order valence-corrected chi connectivity index (χ1v) is 15.1. The maximum Gasteiger partial charge on any atom is 0.269 e. The van der Waals surface area contributed by atoms with Crippen molar-refractivity contribution in [1.29, 1.82) is 5.26 Å². The van der Waals surface area contributed by atoms with Crippen LogP contribution < -0.4 is 0 Å². The summed E-state index contributed by atoms with van der Waals surface area (Å²) in [5, 5.41) is 9.25. The van der Waals surface area contributed by atoms with Gasteiger partial charge in [-0.3, -0.25) is 4.90 Å². The molecule has 4 heteroatoms. The van der Waals surface area contributed by atoms with Crippen molar-refractivity contribution >= 4 is 0 Å². The lowest BCUT2D eigenvalue weighted by Crippen LogP contribution is -2.52. The molecule has 0 amide bonds. The summed E-state index contributed by atoms with van der Waals surface area (Å²) in [6.07, 6.45) is 27.2. The summed E-state index contributed by atoms with van der Waals surface area (Å²) in [5.41, 5.74) is 0.769. The molecule has 3 fully saturated rings. The largest absolute Gasteiger partial charge is 0.462 e. The van der Waals surface area contributed by atoms with Crippen LogP contribution in [0.3, 0.4) is 0 Å². The monoisotopic (exact) mass is 501 g/mol. The van der Waals surface area contributed by atoms with Crippen molar-refractivity contribution in [1.82, 2.24) is 4.90 Å². The van der Waals surface area contributed by atoms with E-state index in [4.69, 9.17) is 11.3 Å². The number of ether oxygens (including phenoxy) is 1. The zero-order valence-corrected chi connectivity index (χ0v) is 23.4. The number of hydrogen-bond donors (Lipinski definition) is 0. The average molecular weight is 502 g/mol.